The van der Waals surface area contributed by atoms with Crippen LogP contribution in [0, 0.1) is 10.1 Å². The minimum absolute atomic E-state index is 0.0715. The largest absolute Gasteiger partial charge is 0.573 e. The molecule has 0 atom stereocenters. The van der Waals surface area contributed by atoms with Crippen molar-refractivity contribution >= 4 is 17.4 Å². The second kappa shape index (κ2) is 8.33. The quantitative estimate of drug-likeness (QED) is 0.556. The van der Waals surface area contributed by atoms with Crippen LogP contribution in [-0.4, -0.2) is 53.3 Å². The van der Waals surface area contributed by atoms with Crippen molar-refractivity contribution in [2.45, 2.75) is 12.8 Å². The van der Waals surface area contributed by atoms with Gasteiger partial charge in [0.25, 0.3) is 5.69 Å². The smallest absolute Gasteiger partial charge is 0.406 e. The highest BCUT2D eigenvalue weighted by atomic mass is 19.4. The molecule has 11 heteroatoms. The van der Waals surface area contributed by atoms with Crippen LogP contribution in [0.1, 0.15) is 5.56 Å². The first-order valence-electron chi connectivity index (χ1n) is 8.69. The number of carbonyl (C=O) groups is 1. The number of alkyl halides is 3. The van der Waals surface area contributed by atoms with Crippen molar-refractivity contribution in [3.63, 3.8) is 0 Å². The molecule has 0 saturated carbocycles. The number of carbonyl (C=O) groups excluding carboxylic acids is 1. The van der Waals surface area contributed by atoms with Crippen LogP contribution >= 0.6 is 0 Å². The molecule has 1 aromatic carbocycles. The van der Waals surface area contributed by atoms with Crippen molar-refractivity contribution in [1.82, 2.24) is 9.88 Å². The Morgan fingerprint density at radius 3 is 2.28 bits per heavy atom. The molecule has 1 amide bonds. The van der Waals surface area contributed by atoms with Crippen LogP contribution in [0.3, 0.4) is 0 Å². The van der Waals surface area contributed by atoms with E-state index < -0.39 is 11.3 Å². The molecule has 1 aliphatic rings. The van der Waals surface area contributed by atoms with Crippen molar-refractivity contribution in [3.8, 4) is 5.75 Å². The molecule has 3 rings (SSSR count). The highest BCUT2D eigenvalue weighted by molar-refractivity contribution is 5.79. The zero-order chi connectivity index (χ0) is 21.0. The van der Waals surface area contributed by atoms with Gasteiger partial charge in [0, 0.05) is 32.2 Å². The SMILES string of the molecule is O=C(Cc1ccc(OC(F)(F)F)cc1)N1CCN(c2ccc([N+](=O)[O-])cn2)CC1. The number of amides is 1. The van der Waals surface area contributed by atoms with Gasteiger partial charge < -0.3 is 14.5 Å². The number of hydrogen-bond donors (Lipinski definition) is 0. The summed E-state index contributed by atoms with van der Waals surface area (Å²) in [5.41, 5.74) is 0.498. The van der Waals surface area contributed by atoms with Crippen molar-refractivity contribution in [3.05, 3.63) is 58.3 Å². The first-order valence-corrected chi connectivity index (χ1v) is 8.69. The fraction of sp³-hybridized carbons (Fsp3) is 0.333. The van der Waals surface area contributed by atoms with Gasteiger partial charge in [-0.3, -0.25) is 14.9 Å². The normalized spacial score (nSPS) is 14.6. The number of nitrogens with zero attached hydrogens (tertiary/aromatic N) is 4. The topological polar surface area (TPSA) is 88.8 Å². The summed E-state index contributed by atoms with van der Waals surface area (Å²) >= 11 is 0. The number of anilines is 1. The molecule has 1 aromatic heterocycles. The van der Waals surface area contributed by atoms with Gasteiger partial charge in [-0.05, 0) is 23.8 Å². The van der Waals surface area contributed by atoms with Crippen LogP contribution in [0.2, 0.25) is 0 Å². The molecule has 0 unspecified atom stereocenters. The number of aromatic nitrogens is 1. The maximum absolute atomic E-state index is 12.4. The Bertz CT molecular complexity index is 864. The third-order valence-corrected chi connectivity index (χ3v) is 4.41. The highest BCUT2D eigenvalue weighted by Gasteiger charge is 2.31. The Kier molecular flexibility index (Phi) is 5.85. The van der Waals surface area contributed by atoms with E-state index in [0.717, 1.165) is 0 Å². The standard InChI is InChI=1S/C18H17F3N4O4/c19-18(20,21)29-15-4-1-13(2-5-15)11-17(26)24-9-7-23(8-10-24)16-6-3-14(12-22-16)25(27)28/h1-6,12H,7-11H2. The van der Waals surface area contributed by atoms with E-state index in [9.17, 15) is 28.1 Å². The van der Waals surface area contributed by atoms with Crippen LogP contribution in [-0.2, 0) is 11.2 Å². The summed E-state index contributed by atoms with van der Waals surface area (Å²) in [7, 11) is 0. The number of ether oxygens (including phenoxy) is 1. The molecule has 154 valence electrons. The van der Waals surface area contributed by atoms with E-state index >= 15 is 0 Å². The van der Waals surface area contributed by atoms with Gasteiger partial charge in [-0.2, -0.15) is 0 Å². The van der Waals surface area contributed by atoms with Gasteiger partial charge in [-0.1, -0.05) is 12.1 Å². The maximum Gasteiger partial charge on any atom is 0.573 e. The molecule has 2 heterocycles. The molecule has 1 aliphatic heterocycles. The Morgan fingerprint density at radius 2 is 1.76 bits per heavy atom. The van der Waals surface area contributed by atoms with Crippen molar-refractivity contribution in [1.29, 1.82) is 0 Å². The molecule has 8 nitrogen and oxygen atoms in total. The second-order valence-corrected chi connectivity index (χ2v) is 6.37. The zero-order valence-corrected chi connectivity index (χ0v) is 15.1. The maximum atomic E-state index is 12.4. The highest BCUT2D eigenvalue weighted by Crippen LogP contribution is 2.23. The van der Waals surface area contributed by atoms with Crippen molar-refractivity contribution in [2.24, 2.45) is 0 Å². The summed E-state index contributed by atoms with van der Waals surface area (Å²) in [4.78, 5) is 30.3. The third-order valence-electron chi connectivity index (χ3n) is 4.41. The van der Waals surface area contributed by atoms with E-state index in [2.05, 4.69) is 9.72 Å². The third kappa shape index (κ3) is 5.56. The Hall–Kier alpha value is -3.37. The fourth-order valence-corrected chi connectivity index (χ4v) is 2.95. The summed E-state index contributed by atoms with van der Waals surface area (Å²) in [6, 6.07) is 8.15. The predicted molar refractivity (Wildman–Crippen MR) is 96.5 cm³/mol. The minimum atomic E-state index is -4.75. The summed E-state index contributed by atoms with van der Waals surface area (Å²) in [5, 5.41) is 10.7. The van der Waals surface area contributed by atoms with Gasteiger partial charge in [-0.15, -0.1) is 13.2 Å². The number of rotatable bonds is 5. The molecule has 0 radical (unpaired) electrons. The lowest BCUT2D eigenvalue weighted by Gasteiger charge is -2.35. The number of hydrogen-bond acceptors (Lipinski definition) is 6. The number of piperazine rings is 1. The first kappa shape index (κ1) is 20.4. The van der Waals surface area contributed by atoms with Crippen LogP contribution in [0.5, 0.6) is 5.75 Å². The van der Waals surface area contributed by atoms with Crippen LogP contribution < -0.4 is 9.64 Å². The van der Waals surface area contributed by atoms with E-state index in [0.29, 0.717) is 37.6 Å². The Balaban J connectivity index is 1.51. The van der Waals surface area contributed by atoms with E-state index in [1.54, 1.807) is 11.0 Å². The predicted octanol–water partition coefficient (Wildman–Crippen LogP) is 2.78. The zero-order valence-electron chi connectivity index (χ0n) is 15.1. The van der Waals surface area contributed by atoms with Gasteiger partial charge in [0.2, 0.25) is 5.91 Å². The number of benzene rings is 1. The minimum Gasteiger partial charge on any atom is -0.406 e. The van der Waals surface area contributed by atoms with Crippen molar-refractivity contribution < 1.29 is 27.6 Å². The summed E-state index contributed by atoms with van der Waals surface area (Å²) in [5.74, 6) is 0.131. The lowest BCUT2D eigenvalue weighted by molar-refractivity contribution is -0.385. The van der Waals surface area contributed by atoms with E-state index in [1.165, 1.54) is 36.5 Å². The monoisotopic (exact) mass is 410 g/mol. The molecule has 0 spiro atoms. The van der Waals surface area contributed by atoms with Crippen molar-refractivity contribution in [2.75, 3.05) is 31.1 Å². The van der Waals surface area contributed by atoms with Crippen LogP contribution in [0.4, 0.5) is 24.7 Å². The second-order valence-electron chi connectivity index (χ2n) is 6.37. The molecule has 0 bridgehead atoms. The summed E-state index contributed by atoms with van der Waals surface area (Å²) in [6.07, 6.45) is -3.49. The summed E-state index contributed by atoms with van der Waals surface area (Å²) in [6.45, 7) is 1.95. The van der Waals surface area contributed by atoms with Crippen LogP contribution in [0.15, 0.2) is 42.6 Å². The molecular formula is C18H17F3N4O4. The molecule has 0 aliphatic carbocycles. The van der Waals surface area contributed by atoms with E-state index in [1.807, 2.05) is 4.90 Å². The van der Waals surface area contributed by atoms with Crippen LogP contribution in [0.25, 0.3) is 0 Å². The Labute approximate surface area is 163 Å². The van der Waals surface area contributed by atoms with Gasteiger partial charge in [0.05, 0.1) is 11.3 Å². The number of pyridine rings is 1. The average Bonchev–Trinajstić information content (AvgIpc) is 2.68. The Morgan fingerprint density at radius 1 is 1.10 bits per heavy atom. The number of halogens is 3. The molecule has 1 fully saturated rings. The lowest BCUT2D eigenvalue weighted by atomic mass is 10.1. The molecule has 2 aromatic rings. The van der Waals surface area contributed by atoms with E-state index in [-0.39, 0.29) is 23.8 Å². The van der Waals surface area contributed by atoms with Gasteiger partial charge in [0.1, 0.15) is 17.8 Å². The van der Waals surface area contributed by atoms with E-state index in [4.69, 9.17) is 0 Å². The molecular weight excluding hydrogens is 393 g/mol. The molecule has 0 N–H and O–H groups in total. The van der Waals surface area contributed by atoms with Gasteiger partial charge in [-0.25, -0.2) is 4.98 Å². The lowest BCUT2D eigenvalue weighted by Crippen LogP contribution is -2.49. The first-order chi connectivity index (χ1) is 13.7. The molecule has 1 saturated heterocycles. The molecule has 29 heavy (non-hydrogen) atoms. The fourth-order valence-electron chi connectivity index (χ4n) is 2.95. The van der Waals surface area contributed by atoms with Gasteiger partial charge in [0.15, 0.2) is 0 Å². The number of nitro groups is 1. The summed E-state index contributed by atoms with van der Waals surface area (Å²) < 4.78 is 40.4. The average molecular weight is 410 g/mol. The van der Waals surface area contributed by atoms with Gasteiger partial charge >= 0.3 is 6.36 Å².